The van der Waals surface area contributed by atoms with E-state index in [1.807, 2.05) is 35.7 Å². The molecule has 0 fully saturated rings. The van der Waals surface area contributed by atoms with E-state index in [4.69, 9.17) is 4.74 Å². The van der Waals surface area contributed by atoms with Crippen LogP contribution in [0.1, 0.15) is 35.4 Å². The molecular formula is C19H25N3O2. The summed E-state index contributed by atoms with van der Waals surface area (Å²) in [4.78, 5) is 14.8. The second-order valence-electron chi connectivity index (χ2n) is 6.39. The molecule has 128 valence electrons. The number of carbonyl (C=O) groups excluding carboxylic acids is 1. The number of aryl methyl sites for hydroxylation is 3. The van der Waals surface area contributed by atoms with E-state index < -0.39 is 0 Å². The second kappa shape index (κ2) is 6.67. The Kier molecular flexibility index (Phi) is 4.60. The molecule has 1 aromatic carbocycles. The van der Waals surface area contributed by atoms with Crippen molar-refractivity contribution in [1.82, 2.24) is 9.78 Å². The summed E-state index contributed by atoms with van der Waals surface area (Å²) >= 11 is 0. The fraction of sp³-hybridized carbons (Fsp3) is 0.474. The van der Waals surface area contributed by atoms with Crippen LogP contribution in [0.3, 0.4) is 0 Å². The van der Waals surface area contributed by atoms with Crippen molar-refractivity contribution >= 4 is 11.6 Å². The molecule has 0 aliphatic carbocycles. The molecular weight excluding hydrogens is 302 g/mol. The molecule has 1 aliphatic rings. The molecule has 0 radical (unpaired) electrons. The van der Waals surface area contributed by atoms with Gasteiger partial charge in [-0.05, 0) is 50.3 Å². The molecule has 1 aromatic heterocycles. The van der Waals surface area contributed by atoms with Gasteiger partial charge in [-0.15, -0.1) is 0 Å². The first kappa shape index (κ1) is 16.6. The van der Waals surface area contributed by atoms with E-state index in [0.717, 1.165) is 48.6 Å². The van der Waals surface area contributed by atoms with Gasteiger partial charge in [-0.25, -0.2) is 0 Å². The maximum atomic E-state index is 12.9. The third-order valence-corrected chi connectivity index (χ3v) is 4.95. The zero-order valence-electron chi connectivity index (χ0n) is 14.9. The highest BCUT2D eigenvalue weighted by Crippen LogP contribution is 2.36. The lowest BCUT2D eigenvalue weighted by Crippen LogP contribution is -2.36. The number of rotatable bonds is 4. The molecule has 2 heterocycles. The average Bonchev–Trinajstić information content (AvgIpc) is 2.83. The second-order valence-corrected chi connectivity index (χ2v) is 6.39. The van der Waals surface area contributed by atoms with Gasteiger partial charge in [0.25, 0.3) is 0 Å². The van der Waals surface area contributed by atoms with Crippen molar-refractivity contribution in [3.63, 3.8) is 0 Å². The number of hydrogen-bond donors (Lipinski definition) is 0. The highest BCUT2D eigenvalue weighted by atomic mass is 16.5. The Labute approximate surface area is 143 Å². The number of carbonyl (C=O) groups is 1. The molecule has 0 bridgehead atoms. The lowest BCUT2D eigenvalue weighted by Gasteiger charge is -2.31. The minimum Gasteiger partial charge on any atom is -0.495 e. The number of methoxy groups -OCH3 is 1. The van der Waals surface area contributed by atoms with Crippen LogP contribution in [0, 0.1) is 13.8 Å². The fourth-order valence-electron chi connectivity index (χ4n) is 3.58. The van der Waals surface area contributed by atoms with Crippen LogP contribution in [0.5, 0.6) is 5.75 Å². The van der Waals surface area contributed by atoms with Crippen molar-refractivity contribution in [2.24, 2.45) is 7.05 Å². The Balaban J connectivity index is 1.80. The highest BCUT2D eigenvalue weighted by Gasteiger charge is 2.26. The van der Waals surface area contributed by atoms with Crippen LogP contribution < -0.4 is 9.64 Å². The first-order valence-electron chi connectivity index (χ1n) is 8.48. The summed E-state index contributed by atoms with van der Waals surface area (Å²) in [6.07, 6.45) is 3.21. The van der Waals surface area contributed by atoms with E-state index in [2.05, 4.69) is 18.1 Å². The predicted octanol–water partition coefficient (Wildman–Crippen LogP) is 2.96. The molecule has 2 aromatic rings. The molecule has 0 unspecified atom stereocenters. The molecule has 1 aliphatic heterocycles. The lowest BCUT2D eigenvalue weighted by molar-refractivity contribution is -0.118. The van der Waals surface area contributed by atoms with E-state index in [1.165, 1.54) is 11.1 Å². The van der Waals surface area contributed by atoms with E-state index in [9.17, 15) is 4.79 Å². The van der Waals surface area contributed by atoms with Crippen molar-refractivity contribution in [2.45, 2.75) is 39.5 Å². The summed E-state index contributed by atoms with van der Waals surface area (Å²) in [6, 6.07) is 6.01. The van der Waals surface area contributed by atoms with Crippen LogP contribution >= 0.6 is 0 Å². The smallest absolute Gasteiger partial charge is 0.227 e. The van der Waals surface area contributed by atoms with Crippen molar-refractivity contribution in [3.8, 4) is 5.75 Å². The number of para-hydroxylation sites is 1. The number of hydrogen-bond acceptors (Lipinski definition) is 3. The number of ether oxygens (including phenoxy) is 1. The number of amides is 1. The summed E-state index contributed by atoms with van der Waals surface area (Å²) in [5.41, 5.74) is 5.48. The molecule has 0 saturated carbocycles. The highest BCUT2D eigenvalue weighted by molar-refractivity contribution is 5.96. The van der Waals surface area contributed by atoms with Crippen LogP contribution in [0.15, 0.2) is 18.2 Å². The summed E-state index contributed by atoms with van der Waals surface area (Å²) in [6.45, 7) is 4.82. The lowest BCUT2D eigenvalue weighted by atomic mass is 9.99. The minimum atomic E-state index is 0.156. The van der Waals surface area contributed by atoms with Gasteiger partial charge >= 0.3 is 0 Å². The van der Waals surface area contributed by atoms with Crippen LogP contribution in [-0.4, -0.2) is 29.3 Å². The van der Waals surface area contributed by atoms with Gasteiger partial charge < -0.3 is 9.64 Å². The van der Waals surface area contributed by atoms with Crippen LogP contribution in [0.25, 0.3) is 0 Å². The molecule has 0 spiro atoms. The normalized spacial score (nSPS) is 13.8. The number of benzene rings is 1. The van der Waals surface area contributed by atoms with Crippen molar-refractivity contribution in [2.75, 3.05) is 18.6 Å². The molecule has 0 N–H and O–H groups in total. The summed E-state index contributed by atoms with van der Waals surface area (Å²) in [5, 5.41) is 4.44. The van der Waals surface area contributed by atoms with Crippen LogP contribution in [0.2, 0.25) is 0 Å². The third kappa shape index (κ3) is 2.90. The summed E-state index contributed by atoms with van der Waals surface area (Å²) in [7, 11) is 3.61. The molecule has 3 rings (SSSR count). The zero-order chi connectivity index (χ0) is 17.3. The fourth-order valence-corrected chi connectivity index (χ4v) is 3.58. The van der Waals surface area contributed by atoms with Gasteiger partial charge in [-0.2, -0.15) is 5.10 Å². The number of anilines is 1. The van der Waals surface area contributed by atoms with E-state index in [1.54, 1.807) is 7.11 Å². The van der Waals surface area contributed by atoms with Gasteiger partial charge in [-0.1, -0.05) is 12.1 Å². The van der Waals surface area contributed by atoms with Crippen molar-refractivity contribution < 1.29 is 9.53 Å². The van der Waals surface area contributed by atoms with Crippen LogP contribution in [-0.2, 0) is 24.7 Å². The van der Waals surface area contributed by atoms with Gasteiger partial charge in [0.2, 0.25) is 5.91 Å². The molecule has 1 amide bonds. The maximum absolute atomic E-state index is 12.9. The van der Waals surface area contributed by atoms with Gasteiger partial charge in [0.15, 0.2) is 0 Å². The average molecular weight is 327 g/mol. The van der Waals surface area contributed by atoms with E-state index >= 15 is 0 Å². The van der Waals surface area contributed by atoms with Crippen molar-refractivity contribution in [3.05, 3.63) is 40.7 Å². The Morgan fingerprint density at radius 2 is 2.12 bits per heavy atom. The van der Waals surface area contributed by atoms with Gasteiger partial charge in [0.1, 0.15) is 5.75 Å². The monoisotopic (exact) mass is 327 g/mol. The first-order valence-corrected chi connectivity index (χ1v) is 8.48. The third-order valence-electron chi connectivity index (χ3n) is 4.95. The van der Waals surface area contributed by atoms with Gasteiger partial charge in [0, 0.05) is 25.7 Å². The Morgan fingerprint density at radius 3 is 2.79 bits per heavy atom. The topological polar surface area (TPSA) is 47.4 Å². The molecule has 0 saturated heterocycles. The van der Waals surface area contributed by atoms with Crippen molar-refractivity contribution in [1.29, 1.82) is 0 Å². The molecule has 5 nitrogen and oxygen atoms in total. The minimum absolute atomic E-state index is 0.156. The molecule has 0 atom stereocenters. The Hall–Kier alpha value is -2.30. The predicted molar refractivity (Wildman–Crippen MR) is 94.7 cm³/mol. The zero-order valence-corrected chi connectivity index (χ0v) is 14.9. The number of fused-ring (bicyclic) bond motifs is 1. The number of aromatic nitrogens is 2. The first-order chi connectivity index (χ1) is 11.5. The molecule has 24 heavy (non-hydrogen) atoms. The standard InChI is InChI=1S/C19H25N3O2/c1-13-16(14(2)21(3)20-13)10-11-18(23)22-12-6-8-15-7-5-9-17(24-4)19(15)22/h5,7,9H,6,8,10-12H2,1-4H3. The number of nitrogens with zero attached hydrogens (tertiary/aromatic N) is 3. The van der Waals surface area contributed by atoms with Gasteiger partial charge in [-0.3, -0.25) is 9.48 Å². The Bertz CT molecular complexity index is 750. The quantitative estimate of drug-likeness (QED) is 0.867. The van der Waals surface area contributed by atoms with Gasteiger partial charge in [0.05, 0.1) is 18.5 Å². The SMILES string of the molecule is COc1cccc2c1N(C(=O)CCc1c(C)nn(C)c1C)CCC2. The van der Waals surface area contributed by atoms with Crippen LogP contribution in [0.4, 0.5) is 5.69 Å². The maximum Gasteiger partial charge on any atom is 0.227 e. The summed E-state index contributed by atoms with van der Waals surface area (Å²) in [5.74, 6) is 0.942. The Morgan fingerprint density at radius 1 is 1.33 bits per heavy atom. The summed E-state index contributed by atoms with van der Waals surface area (Å²) < 4.78 is 7.37. The van der Waals surface area contributed by atoms with E-state index in [-0.39, 0.29) is 5.91 Å². The van der Waals surface area contributed by atoms with E-state index in [0.29, 0.717) is 6.42 Å². The largest absolute Gasteiger partial charge is 0.495 e. The molecule has 5 heteroatoms.